The van der Waals surface area contributed by atoms with Crippen LogP contribution in [0, 0.1) is 12.0 Å². The van der Waals surface area contributed by atoms with Gasteiger partial charge in [0, 0.05) is 34.7 Å². The largest absolute Gasteiger partial charge is 0.347 e. The molecule has 0 aliphatic heterocycles. The molecule has 0 bridgehead atoms. The Kier molecular flexibility index (Phi) is 4.13. The van der Waals surface area contributed by atoms with E-state index >= 15 is 0 Å². The standard InChI is InChI=1S/C21H21ClN/c22-20-8-4-7-17(14-20)18-9-10-21-19(13-18)11-12-23(21)15-16-5-2-1-3-6-16/h4,7-10,12-14,16H,1-3,5-6,15H2. The van der Waals surface area contributed by atoms with E-state index in [2.05, 4.69) is 41.1 Å². The molecule has 1 heterocycles. The van der Waals surface area contributed by atoms with E-state index in [-0.39, 0.29) is 0 Å². The van der Waals surface area contributed by atoms with Crippen LogP contribution in [0.4, 0.5) is 0 Å². The first-order valence-corrected chi connectivity index (χ1v) is 8.94. The SMILES string of the molecule is Clc1cccc(-c2ccc3c([c]cn3CC3CCCCC3)c2)c1. The van der Waals surface area contributed by atoms with E-state index in [1.807, 2.05) is 18.2 Å². The summed E-state index contributed by atoms with van der Waals surface area (Å²) in [5.41, 5.74) is 3.65. The highest BCUT2D eigenvalue weighted by atomic mass is 35.5. The minimum Gasteiger partial charge on any atom is -0.347 e. The van der Waals surface area contributed by atoms with E-state index in [1.165, 1.54) is 48.6 Å². The van der Waals surface area contributed by atoms with Crippen LogP contribution in [0.15, 0.2) is 48.7 Å². The molecule has 3 aromatic rings. The molecule has 1 saturated carbocycles. The van der Waals surface area contributed by atoms with E-state index in [0.29, 0.717) is 0 Å². The molecule has 0 atom stereocenters. The Hall–Kier alpha value is -1.73. The molecule has 0 saturated heterocycles. The van der Waals surface area contributed by atoms with Gasteiger partial charge < -0.3 is 4.57 Å². The zero-order valence-electron chi connectivity index (χ0n) is 13.3. The minimum atomic E-state index is 0.779. The summed E-state index contributed by atoms with van der Waals surface area (Å²) in [6.45, 7) is 1.14. The lowest BCUT2D eigenvalue weighted by molar-refractivity contribution is 0.322. The van der Waals surface area contributed by atoms with Crippen molar-refractivity contribution in [2.45, 2.75) is 38.6 Å². The van der Waals surface area contributed by atoms with Crippen LogP contribution in [0.3, 0.4) is 0 Å². The molecular formula is C21H21ClN. The van der Waals surface area contributed by atoms with Gasteiger partial charge in [-0.25, -0.2) is 0 Å². The van der Waals surface area contributed by atoms with Crippen molar-refractivity contribution >= 4 is 22.5 Å². The predicted octanol–water partition coefficient (Wildman–Crippen LogP) is 6.34. The third kappa shape index (κ3) is 3.16. The molecule has 1 radical (unpaired) electrons. The number of fused-ring (bicyclic) bond motifs is 1. The molecule has 23 heavy (non-hydrogen) atoms. The van der Waals surface area contributed by atoms with E-state index < -0.39 is 0 Å². The van der Waals surface area contributed by atoms with E-state index in [0.717, 1.165) is 23.0 Å². The maximum atomic E-state index is 6.11. The Morgan fingerprint density at radius 3 is 2.65 bits per heavy atom. The van der Waals surface area contributed by atoms with Crippen LogP contribution in [0.5, 0.6) is 0 Å². The quantitative estimate of drug-likeness (QED) is 0.530. The fourth-order valence-corrected chi connectivity index (χ4v) is 3.96. The molecule has 0 N–H and O–H groups in total. The van der Waals surface area contributed by atoms with Crippen molar-refractivity contribution in [3.8, 4) is 11.1 Å². The molecule has 1 aliphatic carbocycles. The summed E-state index contributed by atoms with van der Waals surface area (Å²) in [6.07, 6.45) is 9.08. The summed E-state index contributed by atoms with van der Waals surface area (Å²) >= 11 is 6.11. The predicted molar refractivity (Wildman–Crippen MR) is 97.8 cm³/mol. The van der Waals surface area contributed by atoms with Crippen molar-refractivity contribution < 1.29 is 0 Å². The van der Waals surface area contributed by atoms with Crippen molar-refractivity contribution in [3.05, 3.63) is 59.8 Å². The van der Waals surface area contributed by atoms with Crippen molar-refractivity contribution in [3.63, 3.8) is 0 Å². The molecule has 0 amide bonds. The summed E-state index contributed by atoms with van der Waals surface area (Å²) < 4.78 is 2.38. The molecule has 2 aromatic carbocycles. The second kappa shape index (κ2) is 6.41. The first-order valence-electron chi connectivity index (χ1n) is 8.56. The fraction of sp³-hybridized carbons (Fsp3) is 0.333. The Balaban J connectivity index is 1.63. The molecule has 1 fully saturated rings. The lowest BCUT2D eigenvalue weighted by atomic mass is 9.89. The lowest BCUT2D eigenvalue weighted by Crippen LogP contribution is -2.13. The highest BCUT2D eigenvalue weighted by Gasteiger charge is 2.15. The van der Waals surface area contributed by atoms with Gasteiger partial charge in [-0.2, -0.15) is 0 Å². The average Bonchev–Trinajstić information content (AvgIpc) is 2.98. The van der Waals surface area contributed by atoms with Crippen LogP contribution < -0.4 is 0 Å². The topological polar surface area (TPSA) is 4.93 Å². The zero-order chi connectivity index (χ0) is 15.6. The maximum Gasteiger partial charge on any atom is 0.0487 e. The smallest absolute Gasteiger partial charge is 0.0487 e. The minimum absolute atomic E-state index is 0.779. The molecule has 1 aromatic heterocycles. The molecule has 117 valence electrons. The van der Waals surface area contributed by atoms with Crippen LogP contribution in [-0.2, 0) is 6.54 Å². The molecule has 2 heteroatoms. The van der Waals surface area contributed by atoms with Gasteiger partial charge in [-0.15, -0.1) is 0 Å². The van der Waals surface area contributed by atoms with Crippen LogP contribution in [0.1, 0.15) is 32.1 Å². The highest BCUT2D eigenvalue weighted by Crippen LogP contribution is 2.29. The van der Waals surface area contributed by atoms with Crippen LogP contribution in [-0.4, -0.2) is 4.57 Å². The number of hydrogen-bond acceptors (Lipinski definition) is 0. The van der Waals surface area contributed by atoms with E-state index in [9.17, 15) is 0 Å². The van der Waals surface area contributed by atoms with Crippen LogP contribution in [0.2, 0.25) is 5.02 Å². The number of halogens is 1. The number of nitrogens with zero attached hydrogens (tertiary/aromatic N) is 1. The van der Waals surface area contributed by atoms with Gasteiger partial charge in [0.1, 0.15) is 0 Å². The van der Waals surface area contributed by atoms with Gasteiger partial charge in [-0.1, -0.05) is 49.1 Å². The summed E-state index contributed by atoms with van der Waals surface area (Å²) in [5.74, 6) is 0.834. The van der Waals surface area contributed by atoms with Crippen LogP contribution >= 0.6 is 11.6 Å². The fourth-order valence-electron chi connectivity index (χ4n) is 3.77. The summed E-state index contributed by atoms with van der Waals surface area (Å²) in [5, 5.41) is 1.97. The molecule has 1 aliphatic rings. The number of rotatable bonds is 3. The van der Waals surface area contributed by atoms with Gasteiger partial charge >= 0.3 is 0 Å². The zero-order valence-corrected chi connectivity index (χ0v) is 14.0. The summed E-state index contributed by atoms with van der Waals surface area (Å²) in [4.78, 5) is 0. The number of hydrogen-bond donors (Lipinski definition) is 0. The summed E-state index contributed by atoms with van der Waals surface area (Å²) in [6, 6.07) is 18.1. The highest BCUT2D eigenvalue weighted by molar-refractivity contribution is 6.30. The monoisotopic (exact) mass is 322 g/mol. The molecule has 0 spiro atoms. The Morgan fingerprint density at radius 2 is 1.83 bits per heavy atom. The van der Waals surface area contributed by atoms with E-state index in [4.69, 9.17) is 11.6 Å². The van der Waals surface area contributed by atoms with Crippen molar-refractivity contribution in [1.29, 1.82) is 0 Å². The molecule has 1 nitrogen and oxygen atoms in total. The van der Waals surface area contributed by atoms with Crippen molar-refractivity contribution in [2.75, 3.05) is 0 Å². The maximum absolute atomic E-state index is 6.11. The molecular weight excluding hydrogens is 302 g/mol. The average molecular weight is 323 g/mol. The summed E-state index contributed by atoms with van der Waals surface area (Å²) in [7, 11) is 0. The second-order valence-electron chi connectivity index (χ2n) is 6.67. The first kappa shape index (κ1) is 14.8. The van der Waals surface area contributed by atoms with Gasteiger partial charge in [-0.05, 0) is 54.2 Å². The molecule has 0 unspecified atom stereocenters. The first-order chi connectivity index (χ1) is 11.3. The second-order valence-corrected chi connectivity index (χ2v) is 7.11. The Labute approximate surface area is 142 Å². The number of aromatic nitrogens is 1. The lowest BCUT2D eigenvalue weighted by Gasteiger charge is -2.22. The third-order valence-electron chi connectivity index (χ3n) is 5.02. The normalized spacial score (nSPS) is 16.0. The van der Waals surface area contributed by atoms with E-state index in [1.54, 1.807) is 0 Å². The third-order valence-corrected chi connectivity index (χ3v) is 5.25. The Morgan fingerprint density at radius 1 is 1.00 bits per heavy atom. The van der Waals surface area contributed by atoms with Gasteiger partial charge in [0.15, 0.2) is 0 Å². The van der Waals surface area contributed by atoms with Crippen molar-refractivity contribution in [1.82, 2.24) is 4.57 Å². The molecule has 4 rings (SSSR count). The Bertz CT molecular complexity index is 812. The van der Waals surface area contributed by atoms with Crippen molar-refractivity contribution in [2.24, 2.45) is 5.92 Å². The van der Waals surface area contributed by atoms with Crippen LogP contribution in [0.25, 0.3) is 22.0 Å². The van der Waals surface area contributed by atoms with Gasteiger partial charge in [-0.3, -0.25) is 0 Å². The van der Waals surface area contributed by atoms with Gasteiger partial charge in [0.2, 0.25) is 0 Å². The van der Waals surface area contributed by atoms with Gasteiger partial charge in [0.25, 0.3) is 0 Å². The number of benzene rings is 2. The van der Waals surface area contributed by atoms with Gasteiger partial charge in [0.05, 0.1) is 0 Å².